The lowest BCUT2D eigenvalue weighted by atomic mass is 10.6. The molecule has 0 aliphatic carbocycles. The lowest BCUT2D eigenvalue weighted by Crippen LogP contribution is -2.22. The summed E-state index contributed by atoms with van der Waals surface area (Å²) in [5, 5.41) is 0. The van der Waals surface area contributed by atoms with E-state index in [1.165, 1.54) is 13.8 Å². The maximum Gasteiger partial charge on any atom is 0.515 e. The predicted octanol–water partition coefficient (Wildman–Crippen LogP) is 4.39. The molecule has 0 aromatic rings. The van der Waals surface area contributed by atoms with Gasteiger partial charge in [-0.1, -0.05) is 0 Å². The summed E-state index contributed by atoms with van der Waals surface area (Å²) in [6, 6.07) is 0. The fourth-order valence-electron chi connectivity index (χ4n) is 0.210. The molecule has 0 amide bonds. The van der Waals surface area contributed by atoms with Gasteiger partial charge in [-0.3, -0.25) is 0 Å². The maximum absolute atomic E-state index is 10.5. The Morgan fingerprint density at radius 1 is 0.812 bits per heavy atom. The predicted molar refractivity (Wildman–Crippen MR) is 64.5 cm³/mol. The summed E-state index contributed by atoms with van der Waals surface area (Å²) in [6.07, 6.45) is -1.41. The number of ketones is 1. The van der Waals surface area contributed by atoms with Crippen LogP contribution in [0.1, 0.15) is 13.8 Å². The van der Waals surface area contributed by atoms with Crippen LogP contribution in [-0.4, -0.2) is 19.9 Å². The van der Waals surface area contributed by atoms with Crippen molar-refractivity contribution in [1.82, 2.24) is 0 Å². The Hall–Kier alpha value is 0.680. The molecule has 0 N–H and O–H groups in total. The molecule has 0 spiro atoms. The lowest BCUT2D eigenvalue weighted by molar-refractivity contribution is -0.115. The van der Waals surface area contributed by atoms with Gasteiger partial charge in [-0.2, -0.15) is 0 Å². The van der Waals surface area contributed by atoms with E-state index in [1.54, 1.807) is 0 Å². The van der Waals surface area contributed by atoms with E-state index in [1.807, 2.05) is 0 Å². The molecular weight excluding hydrogens is 349 g/mol. The fraction of sp³-hybridized carbons (Fsp3) is 0.667. The molecule has 0 saturated heterocycles. The van der Waals surface area contributed by atoms with Crippen LogP contribution in [0.15, 0.2) is 0 Å². The Morgan fingerprint density at radius 3 is 1.12 bits per heavy atom. The fourth-order valence-corrected chi connectivity index (χ4v) is 0.588. The highest BCUT2D eigenvalue weighted by atomic mass is 35.6. The highest BCUT2D eigenvalue weighted by molar-refractivity contribution is 6.67. The first-order valence-corrected chi connectivity index (χ1v) is 5.63. The zero-order valence-electron chi connectivity index (χ0n) is 7.90. The van der Waals surface area contributed by atoms with E-state index in [4.69, 9.17) is 69.6 Å². The third kappa shape index (κ3) is 24.1. The number of Topliss-reactive ketones (excluding diaryl/α,β-unsaturated/α-hetero) is 1. The number of rotatable bonds is 0. The van der Waals surface area contributed by atoms with Crippen molar-refractivity contribution >= 4 is 81.5 Å². The van der Waals surface area contributed by atoms with Crippen LogP contribution in [0.4, 0.5) is 4.79 Å². The lowest BCUT2D eigenvalue weighted by Gasteiger charge is -2.15. The largest absolute Gasteiger partial charge is 0.515 e. The van der Waals surface area contributed by atoms with Gasteiger partial charge in [0.2, 0.25) is 0 Å². The Labute approximate surface area is 122 Å². The summed E-state index contributed by atoms with van der Waals surface area (Å²) >= 11 is 30.2. The van der Waals surface area contributed by atoms with Crippen molar-refractivity contribution in [3.8, 4) is 0 Å². The highest BCUT2D eigenvalue weighted by Crippen LogP contribution is 2.32. The molecule has 0 aromatic heterocycles. The number of carbonyl (C=O) groups is 2. The van der Waals surface area contributed by atoms with Gasteiger partial charge in [-0.05, 0) is 83.5 Å². The second kappa shape index (κ2) is 7.90. The third-order valence-corrected chi connectivity index (χ3v) is 0.861. The smallest absolute Gasteiger partial charge is 0.382 e. The maximum atomic E-state index is 10.5. The molecule has 0 unspecified atom stereocenters. The van der Waals surface area contributed by atoms with E-state index in [2.05, 4.69) is 9.47 Å². The van der Waals surface area contributed by atoms with Gasteiger partial charge in [0, 0.05) is 0 Å². The van der Waals surface area contributed by atoms with Crippen molar-refractivity contribution in [3.05, 3.63) is 0 Å². The first-order valence-electron chi connectivity index (χ1n) is 3.36. The molecule has 10 heteroatoms. The Morgan fingerprint density at radius 2 is 1.00 bits per heavy atom. The van der Waals surface area contributed by atoms with Crippen molar-refractivity contribution in [2.75, 3.05) is 0 Å². The number of hydrogen-bond donors (Lipinski definition) is 0. The molecule has 0 radical (unpaired) electrons. The summed E-state index contributed by atoms with van der Waals surface area (Å²) in [5.74, 6) is 0.167. The van der Waals surface area contributed by atoms with Gasteiger partial charge in [0.15, 0.2) is 0 Å². The molecule has 96 valence electrons. The van der Waals surface area contributed by atoms with Crippen LogP contribution < -0.4 is 0 Å². The molecular formula is C6H6Cl6O4. The van der Waals surface area contributed by atoms with Crippen molar-refractivity contribution in [2.24, 2.45) is 0 Å². The van der Waals surface area contributed by atoms with Crippen LogP contribution >= 0.6 is 69.6 Å². The van der Waals surface area contributed by atoms with Crippen LogP contribution in [0.2, 0.25) is 0 Å². The molecule has 16 heavy (non-hydrogen) atoms. The number of hydrogen-bond acceptors (Lipinski definition) is 4. The van der Waals surface area contributed by atoms with E-state index in [-0.39, 0.29) is 5.78 Å². The van der Waals surface area contributed by atoms with E-state index < -0.39 is 14.1 Å². The standard InChI is InChI=1S/C3Cl6O3.C3H6O/c4-2(5,6)11-1(10)12-3(7,8)9;1-3(2)4/h;1-2H3. The zero-order valence-corrected chi connectivity index (χ0v) is 12.4. The highest BCUT2D eigenvalue weighted by Gasteiger charge is 2.32. The van der Waals surface area contributed by atoms with Crippen molar-refractivity contribution in [3.63, 3.8) is 0 Å². The third-order valence-electron chi connectivity index (χ3n) is 0.398. The normalized spacial score (nSPS) is 11.0. The number of alkyl halides is 6. The molecule has 4 nitrogen and oxygen atoms in total. The van der Waals surface area contributed by atoms with Gasteiger partial charge in [0.25, 0.3) is 0 Å². The summed E-state index contributed by atoms with van der Waals surface area (Å²) in [4.78, 5) is 20.0. The molecule has 0 aliphatic rings. The minimum absolute atomic E-state index is 0.167. The number of ether oxygens (including phenoxy) is 2. The minimum Gasteiger partial charge on any atom is -0.382 e. The van der Waals surface area contributed by atoms with Crippen LogP contribution in [0.3, 0.4) is 0 Å². The minimum atomic E-state index is -2.24. The van der Waals surface area contributed by atoms with Crippen LogP contribution in [0.25, 0.3) is 0 Å². The first kappa shape index (κ1) is 19.0. The summed E-state index contributed by atoms with van der Waals surface area (Å²) in [5.41, 5.74) is 0. The molecule has 0 rings (SSSR count). The average Bonchev–Trinajstić information content (AvgIpc) is 1.72. The molecule has 0 aliphatic heterocycles. The zero-order chi connectivity index (χ0) is 13.6. The average molecular weight is 355 g/mol. The van der Waals surface area contributed by atoms with E-state index >= 15 is 0 Å². The van der Waals surface area contributed by atoms with Crippen LogP contribution in [0, 0.1) is 0 Å². The van der Waals surface area contributed by atoms with E-state index in [9.17, 15) is 9.59 Å². The van der Waals surface area contributed by atoms with Crippen molar-refractivity contribution in [2.45, 2.75) is 21.8 Å². The summed E-state index contributed by atoms with van der Waals surface area (Å²) in [7, 11) is 0. The number of halogens is 6. The molecule has 0 aromatic carbocycles. The van der Waals surface area contributed by atoms with E-state index in [0.717, 1.165) is 0 Å². The number of carbonyl (C=O) groups excluding carboxylic acids is 2. The SMILES string of the molecule is CC(C)=O.O=C(OC(Cl)(Cl)Cl)OC(Cl)(Cl)Cl. The summed E-state index contributed by atoms with van der Waals surface area (Å²) < 4.78 is 3.50. The van der Waals surface area contributed by atoms with Gasteiger partial charge >= 0.3 is 14.1 Å². The topological polar surface area (TPSA) is 52.6 Å². The van der Waals surface area contributed by atoms with Gasteiger partial charge in [0.05, 0.1) is 0 Å². The van der Waals surface area contributed by atoms with Gasteiger partial charge in [0.1, 0.15) is 5.78 Å². The summed E-state index contributed by atoms with van der Waals surface area (Å²) in [6.45, 7) is 3.06. The Bertz CT molecular complexity index is 220. The molecule has 0 heterocycles. The Kier molecular flexibility index (Phi) is 9.40. The second-order valence-corrected chi connectivity index (χ2v) is 6.61. The van der Waals surface area contributed by atoms with Gasteiger partial charge in [-0.15, -0.1) is 0 Å². The van der Waals surface area contributed by atoms with Crippen LogP contribution in [-0.2, 0) is 14.3 Å². The molecule has 0 fully saturated rings. The van der Waals surface area contributed by atoms with Gasteiger partial charge < -0.3 is 14.3 Å². The quantitative estimate of drug-likeness (QED) is 0.478. The van der Waals surface area contributed by atoms with Crippen LogP contribution in [0.5, 0.6) is 0 Å². The van der Waals surface area contributed by atoms with Crippen molar-refractivity contribution in [1.29, 1.82) is 0 Å². The second-order valence-electron chi connectivity index (χ2n) is 2.25. The Balaban J connectivity index is 0. The molecule has 0 bridgehead atoms. The molecule has 0 saturated carbocycles. The van der Waals surface area contributed by atoms with Crippen molar-refractivity contribution < 1.29 is 19.1 Å². The first-order chi connectivity index (χ1) is 6.83. The molecule has 0 atom stereocenters. The van der Waals surface area contributed by atoms with Gasteiger partial charge in [-0.25, -0.2) is 4.79 Å². The monoisotopic (exact) mass is 352 g/mol. The van der Waals surface area contributed by atoms with E-state index in [0.29, 0.717) is 0 Å².